The fraction of sp³-hybridized carbons (Fsp3) is 0.600. The van der Waals surface area contributed by atoms with Crippen molar-refractivity contribution >= 4 is 11.6 Å². The molecule has 2 atom stereocenters. The standard InChI is InChI=1S/C15H22ClNO/c1-18-15-9-7-11(10-13(15)16)6-8-12-4-2-3-5-14(12)17/h7,9-10,12,14H,2-6,8,17H2,1H3. The molecule has 18 heavy (non-hydrogen) atoms. The van der Waals surface area contributed by atoms with Crippen molar-refractivity contribution in [3.05, 3.63) is 28.8 Å². The molecule has 1 saturated carbocycles. The summed E-state index contributed by atoms with van der Waals surface area (Å²) < 4.78 is 5.16. The van der Waals surface area contributed by atoms with Crippen LogP contribution in [0.1, 0.15) is 37.7 Å². The molecule has 0 bridgehead atoms. The molecule has 2 unspecified atom stereocenters. The van der Waals surface area contributed by atoms with Crippen LogP contribution in [-0.2, 0) is 6.42 Å². The Bertz CT molecular complexity index is 394. The molecule has 1 fully saturated rings. The molecule has 1 aliphatic carbocycles. The maximum atomic E-state index is 6.17. The summed E-state index contributed by atoms with van der Waals surface area (Å²) in [5.41, 5.74) is 7.45. The van der Waals surface area contributed by atoms with Crippen molar-refractivity contribution in [3.8, 4) is 5.75 Å². The lowest BCUT2D eigenvalue weighted by atomic mass is 9.81. The molecular formula is C15H22ClNO. The number of nitrogens with two attached hydrogens (primary N) is 1. The Kier molecular flexibility index (Phi) is 4.90. The second-order valence-electron chi connectivity index (χ2n) is 5.22. The average molecular weight is 268 g/mol. The highest BCUT2D eigenvalue weighted by Gasteiger charge is 2.21. The van der Waals surface area contributed by atoms with Gasteiger partial charge in [-0.2, -0.15) is 0 Å². The first kappa shape index (κ1) is 13.7. The van der Waals surface area contributed by atoms with Crippen molar-refractivity contribution in [1.29, 1.82) is 0 Å². The quantitative estimate of drug-likeness (QED) is 0.901. The molecule has 100 valence electrons. The molecule has 3 heteroatoms. The number of ether oxygens (including phenoxy) is 1. The maximum Gasteiger partial charge on any atom is 0.137 e. The van der Waals surface area contributed by atoms with E-state index in [1.54, 1.807) is 7.11 Å². The van der Waals surface area contributed by atoms with E-state index in [1.807, 2.05) is 12.1 Å². The van der Waals surface area contributed by atoms with Crippen LogP contribution >= 0.6 is 11.6 Å². The Labute approximate surface area is 114 Å². The van der Waals surface area contributed by atoms with E-state index in [2.05, 4.69) is 6.07 Å². The van der Waals surface area contributed by atoms with E-state index in [-0.39, 0.29) is 0 Å². The van der Waals surface area contributed by atoms with Crippen molar-refractivity contribution in [2.45, 2.75) is 44.6 Å². The number of hydrogen-bond acceptors (Lipinski definition) is 2. The molecule has 0 saturated heterocycles. The van der Waals surface area contributed by atoms with E-state index in [0.29, 0.717) is 17.0 Å². The summed E-state index contributed by atoms with van der Waals surface area (Å²) in [6, 6.07) is 6.44. The zero-order valence-corrected chi connectivity index (χ0v) is 11.7. The zero-order chi connectivity index (χ0) is 13.0. The zero-order valence-electron chi connectivity index (χ0n) is 11.0. The summed E-state index contributed by atoms with van der Waals surface area (Å²) in [5, 5.41) is 0.697. The van der Waals surface area contributed by atoms with Crippen LogP contribution in [0.4, 0.5) is 0 Å². The van der Waals surface area contributed by atoms with E-state index in [9.17, 15) is 0 Å². The summed E-state index contributed by atoms with van der Waals surface area (Å²) in [4.78, 5) is 0. The monoisotopic (exact) mass is 267 g/mol. The van der Waals surface area contributed by atoms with Crippen molar-refractivity contribution in [3.63, 3.8) is 0 Å². The van der Waals surface area contributed by atoms with Gasteiger partial charge < -0.3 is 10.5 Å². The molecule has 0 heterocycles. The normalized spacial score (nSPS) is 23.9. The predicted molar refractivity (Wildman–Crippen MR) is 76.3 cm³/mol. The molecule has 0 amide bonds. The van der Waals surface area contributed by atoms with Gasteiger partial charge in [0, 0.05) is 6.04 Å². The van der Waals surface area contributed by atoms with Crippen LogP contribution in [0.25, 0.3) is 0 Å². The first-order chi connectivity index (χ1) is 8.70. The number of halogens is 1. The van der Waals surface area contributed by atoms with Gasteiger partial charge in [-0.25, -0.2) is 0 Å². The number of hydrogen-bond donors (Lipinski definition) is 1. The van der Waals surface area contributed by atoms with Crippen molar-refractivity contribution in [1.82, 2.24) is 0 Å². The van der Waals surface area contributed by atoms with Gasteiger partial charge in [0.1, 0.15) is 5.75 Å². The van der Waals surface area contributed by atoms with Gasteiger partial charge in [-0.3, -0.25) is 0 Å². The molecule has 1 aliphatic rings. The smallest absolute Gasteiger partial charge is 0.137 e. The van der Waals surface area contributed by atoms with Crippen LogP contribution in [0.5, 0.6) is 5.75 Å². The lowest BCUT2D eigenvalue weighted by Gasteiger charge is -2.28. The third-order valence-electron chi connectivity index (χ3n) is 3.99. The fourth-order valence-electron chi connectivity index (χ4n) is 2.81. The Morgan fingerprint density at radius 3 is 2.78 bits per heavy atom. The van der Waals surface area contributed by atoms with E-state index in [1.165, 1.54) is 37.7 Å². The maximum absolute atomic E-state index is 6.17. The van der Waals surface area contributed by atoms with Crippen LogP contribution in [0.2, 0.25) is 5.02 Å². The lowest BCUT2D eigenvalue weighted by Crippen LogP contribution is -2.33. The molecule has 1 aromatic carbocycles. The third-order valence-corrected chi connectivity index (χ3v) is 4.28. The van der Waals surface area contributed by atoms with E-state index < -0.39 is 0 Å². The van der Waals surface area contributed by atoms with Crippen LogP contribution in [0.3, 0.4) is 0 Å². The van der Waals surface area contributed by atoms with Gasteiger partial charge in [0.05, 0.1) is 12.1 Å². The topological polar surface area (TPSA) is 35.2 Å². The van der Waals surface area contributed by atoms with Gasteiger partial charge in [-0.15, -0.1) is 0 Å². The summed E-state index contributed by atoms with van der Waals surface area (Å²) in [5.74, 6) is 1.43. The number of methoxy groups -OCH3 is 1. The third kappa shape index (κ3) is 3.39. The summed E-state index contributed by atoms with van der Waals surface area (Å²) in [6.07, 6.45) is 7.33. The summed E-state index contributed by atoms with van der Waals surface area (Å²) >= 11 is 6.13. The van der Waals surface area contributed by atoms with E-state index in [4.69, 9.17) is 22.1 Å². The SMILES string of the molecule is COc1ccc(CCC2CCCCC2N)cc1Cl. The highest BCUT2D eigenvalue weighted by Crippen LogP contribution is 2.29. The second kappa shape index (κ2) is 6.44. The fourth-order valence-corrected chi connectivity index (χ4v) is 3.09. The lowest BCUT2D eigenvalue weighted by molar-refractivity contribution is 0.292. The Morgan fingerprint density at radius 1 is 1.33 bits per heavy atom. The van der Waals surface area contributed by atoms with Crippen LogP contribution in [-0.4, -0.2) is 13.2 Å². The Morgan fingerprint density at radius 2 is 2.11 bits per heavy atom. The number of aryl methyl sites for hydroxylation is 1. The van der Waals surface area contributed by atoms with E-state index in [0.717, 1.165) is 12.2 Å². The Balaban J connectivity index is 1.91. The van der Waals surface area contributed by atoms with Crippen molar-refractivity contribution in [2.24, 2.45) is 11.7 Å². The predicted octanol–water partition coefficient (Wildman–Crippen LogP) is 3.80. The largest absolute Gasteiger partial charge is 0.495 e. The molecule has 0 aromatic heterocycles. The molecule has 0 aliphatic heterocycles. The molecule has 0 spiro atoms. The molecule has 1 aromatic rings. The molecule has 2 rings (SSSR count). The minimum atomic E-state index is 0.396. The average Bonchev–Trinajstić information content (AvgIpc) is 2.38. The highest BCUT2D eigenvalue weighted by molar-refractivity contribution is 6.32. The van der Waals surface area contributed by atoms with Gasteiger partial charge in [0.25, 0.3) is 0 Å². The first-order valence-electron chi connectivity index (χ1n) is 6.78. The molecular weight excluding hydrogens is 246 g/mol. The van der Waals surface area contributed by atoms with Gasteiger partial charge in [0.2, 0.25) is 0 Å². The van der Waals surface area contributed by atoms with Gasteiger partial charge in [-0.05, 0) is 49.3 Å². The highest BCUT2D eigenvalue weighted by atomic mass is 35.5. The Hall–Kier alpha value is -0.730. The van der Waals surface area contributed by atoms with Gasteiger partial charge in [-0.1, -0.05) is 30.5 Å². The molecule has 2 nitrogen and oxygen atoms in total. The molecule has 0 radical (unpaired) electrons. The molecule has 2 N–H and O–H groups in total. The van der Waals surface area contributed by atoms with Crippen molar-refractivity contribution < 1.29 is 4.74 Å². The van der Waals surface area contributed by atoms with Gasteiger partial charge >= 0.3 is 0 Å². The van der Waals surface area contributed by atoms with Gasteiger partial charge in [0.15, 0.2) is 0 Å². The summed E-state index contributed by atoms with van der Waals surface area (Å²) in [6.45, 7) is 0. The van der Waals surface area contributed by atoms with Crippen molar-refractivity contribution in [2.75, 3.05) is 7.11 Å². The summed E-state index contributed by atoms with van der Waals surface area (Å²) in [7, 11) is 1.64. The van der Waals surface area contributed by atoms with E-state index >= 15 is 0 Å². The minimum absolute atomic E-state index is 0.396. The number of rotatable bonds is 4. The van der Waals surface area contributed by atoms with Crippen LogP contribution < -0.4 is 10.5 Å². The number of benzene rings is 1. The van der Waals surface area contributed by atoms with Crippen LogP contribution in [0, 0.1) is 5.92 Å². The first-order valence-corrected chi connectivity index (χ1v) is 7.16. The van der Waals surface area contributed by atoms with Crippen LogP contribution in [0.15, 0.2) is 18.2 Å². The minimum Gasteiger partial charge on any atom is -0.495 e. The second-order valence-corrected chi connectivity index (χ2v) is 5.62.